The highest BCUT2D eigenvalue weighted by atomic mass is 16.7. The number of benzene rings is 5. The van der Waals surface area contributed by atoms with E-state index in [1.165, 1.54) is 0 Å². The van der Waals surface area contributed by atoms with Crippen LogP contribution in [0.3, 0.4) is 0 Å². The first kappa shape index (κ1) is 35.5. The smallest absolute Gasteiger partial charge is 0.343 e. The lowest BCUT2D eigenvalue weighted by molar-refractivity contribution is -0.282. The normalized spacial score (nSPS) is 20.0. The molecule has 8 nitrogen and oxygen atoms in total. The second kappa shape index (κ2) is 17.6. The van der Waals surface area contributed by atoms with Gasteiger partial charge in [-0.25, -0.2) is 9.59 Å². The molecule has 0 amide bonds. The van der Waals surface area contributed by atoms with Crippen molar-refractivity contribution >= 4 is 11.9 Å². The maximum absolute atomic E-state index is 13.6. The molecule has 5 atom stereocenters. The van der Waals surface area contributed by atoms with Crippen LogP contribution < -0.4 is 9.47 Å². The largest absolute Gasteiger partial charge is 0.461 e. The molecule has 0 aromatic heterocycles. The molecule has 5 aromatic carbocycles. The summed E-state index contributed by atoms with van der Waals surface area (Å²) in [6.07, 6.45) is -3.09. The van der Waals surface area contributed by atoms with E-state index in [1.807, 2.05) is 72.8 Å². The second-order valence-corrected chi connectivity index (χ2v) is 12.7. The van der Waals surface area contributed by atoms with Crippen molar-refractivity contribution in [3.05, 3.63) is 168 Å². The van der Waals surface area contributed by atoms with Gasteiger partial charge in [0.25, 0.3) is 0 Å². The van der Waals surface area contributed by atoms with Gasteiger partial charge in [0.1, 0.15) is 17.6 Å². The highest BCUT2D eigenvalue weighted by Crippen LogP contribution is 2.37. The van der Waals surface area contributed by atoms with Gasteiger partial charge in [-0.05, 0) is 65.6 Å². The predicted octanol–water partition coefficient (Wildman–Crippen LogP) is 8.31. The van der Waals surface area contributed by atoms with Gasteiger partial charge in [-0.2, -0.15) is 0 Å². The van der Waals surface area contributed by atoms with Crippen LogP contribution in [-0.2, 0) is 32.2 Å². The number of esters is 2. The lowest BCUT2D eigenvalue weighted by Crippen LogP contribution is -2.60. The fourth-order valence-corrected chi connectivity index (χ4v) is 6.17. The Morgan fingerprint density at radius 3 is 1.69 bits per heavy atom. The maximum Gasteiger partial charge on any atom is 0.343 e. The van der Waals surface area contributed by atoms with E-state index in [-0.39, 0.29) is 18.4 Å². The summed E-state index contributed by atoms with van der Waals surface area (Å²) in [5.41, 5.74) is 2.87. The number of carbonyl (C=O) groups is 2. The zero-order chi connectivity index (χ0) is 35.4. The SMILES string of the molecule is CC(C)[C@H]1[C@H](OCc2ccccc2)[C@@H](OC(=O)c2ccccc2)[C@H](Oc2ccc(OC(=O)c3ccccc3)cc2)O[C@@H]1COCc1ccccc1. The molecule has 8 heteroatoms. The van der Waals surface area contributed by atoms with Crippen LogP contribution in [-0.4, -0.2) is 43.1 Å². The molecule has 1 aliphatic heterocycles. The summed E-state index contributed by atoms with van der Waals surface area (Å²) in [6, 6.07) is 44.1. The Morgan fingerprint density at radius 2 is 1.12 bits per heavy atom. The molecule has 0 aliphatic carbocycles. The van der Waals surface area contributed by atoms with Crippen molar-refractivity contribution in [1.29, 1.82) is 0 Å². The molecule has 262 valence electrons. The van der Waals surface area contributed by atoms with Crippen molar-refractivity contribution in [1.82, 2.24) is 0 Å². The van der Waals surface area contributed by atoms with Crippen molar-refractivity contribution in [3.8, 4) is 11.5 Å². The second-order valence-electron chi connectivity index (χ2n) is 12.7. The van der Waals surface area contributed by atoms with Crippen LogP contribution >= 0.6 is 0 Å². The van der Waals surface area contributed by atoms with Gasteiger partial charge in [-0.3, -0.25) is 0 Å². The van der Waals surface area contributed by atoms with E-state index < -0.39 is 36.5 Å². The molecule has 5 aromatic rings. The molecular weight excluding hydrogens is 644 g/mol. The van der Waals surface area contributed by atoms with E-state index in [9.17, 15) is 9.59 Å². The molecule has 0 bridgehead atoms. The maximum atomic E-state index is 13.6. The van der Waals surface area contributed by atoms with Gasteiger partial charge in [0.15, 0.2) is 6.10 Å². The van der Waals surface area contributed by atoms with Gasteiger partial charge in [-0.1, -0.05) is 111 Å². The van der Waals surface area contributed by atoms with E-state index in [0.29, 0.717) is 35.8 Å². The summed E-state index contributed by atoms with van der Waals surface area (Å²) in [6.45, 7) is 5.16. The van der Waals surface area contributed by atoms with Crippen molar-refractivity contribution in [2.75, 3.05) is 6.61 Å². The third-order valence-electron chi connectivity index (χ3n) is 8.71. The summed E-state index contributed by atoms with van der Waals surface area (Å²) in [5.74, 6) is -0.371. The van der Waals surface area contributed by atoms with Crippen LogP contribution in [0.25, 0.3) is 0 Å². The molecule has 0 saturated carbocycles. The lowest BCUT2D eigenvalue weighted by Gasteiger charge is -2.47. The molecule has 1 saturated heterocycles. The minimum absolute atomic E-state index is 0.0635. The fraction of sp³-hybridized carbons (Fsp3) is 0.256. The summed E-state index contributed by atoms with van der Waals surface area (Å²) < 4.78 is 38.0. The van der Waals surface area contributed by atoms with Crippen molar-refractivity contribution in [3.63, 3.8) is 0 Å². The van der Waals surface area contributed by atoms with Gasteiger partial charge < -0.3 is 28.4 Å². The predicted molar refractivity (Wildman–Crippen MR) is 192 cm³/mol. The average molecular weight is 687 g/mol. The van der Waals surface area contributed by atoms with Crippen LogP contribution in [0.5, 0.6) is 11.5 Å². The van der Waals surface area contributed by atoms with Crippen LogP contribution in [0.4, 0.5) is 0 Å². The standard InChI is InChI=1S/C43H42O8/c1-30(2)38-37(29-46-27-31-15-7-3-8-16-31)50-43(49-36-25-23-35(24-26-36)48-41(44)33-19-11-5-12-20-33)40(51-42(45)34-21-13-6-14-22-34)39(38)47-28-32-17-9-4-10-18-32/h3-26,30,37-40,43H,27-29H2,1-2H3/t37-,38-,39+,40-,43-/m1/s1. The van der Waals surface area contributed by atoms with Gasteiger partial charge in [0.05, 0.1) is 37.1 Å². The Bertz CT molecular complexity index is 1800. The molecule has 0 spiro atoms. The minimum atomic E-state index is -1.06. The molecule has 1 aliphatic rings. The molecule has 0 unspecified atom stereocenters. The van der Waals surface area contributed by atoms with E-state index in [1.54, 1.807) is 72.8 Å². The van der Waals surface area contributed by atoms with E-state index in [2.05, 4.69) is 13.8 Å². The number of ether oxygens (including phenoxy) is 6. The monoisotopic (exact) mass is 686 g/mol. The quantitative estimate of drug-likeness (QED) is 0.0852. The third-order valence-corrected chi connectivity index (χ3v) is 8.71. The Morgan fingerprint density at radius 1 is 0.608 bits per heavy atom. The fourth-order valence-electron chi connectivity index (χ4n) is 6.17. The Hall–Kier alpha value is -5.28. The molecule has 1 fully saturated rings. The first-order valence-electron chi connectivity index (χ1n) is 17.2. The Kier molecular flexibility index (Phi) is 12.3. The van der Waals surface area contributed by atoms with Crippen LogP contribution in [0.2, 0.25) is 0 Å². The van der Waals surface area contributed by atoms with Gasteiger partial charge >= 0.3 is 11.9 Å². The highest BCUT2D eigenvalue weighted by Gasteiger charge is 2.51. The van der Waals surface area contributed by atoms with Gasteiger partial charge in [0.2, 0.25) is 6.29 Å². The van der Waals surface area contributed by atoms with Crippen LogP contribution in [0, 0.1) is 11.8 Å². The highest BCUT2D eigenvalue weighted by molar-refractivity contribution is 5.91. The number of hydrogen-bond donors (Lipinski definition) is 0. The zero-order valence-electron chi connectivity index (χ0n) is 28.7. The first-order chi connectivity index (χ1) is 24.9. The topological polar surface area (TPSA) is 89.5 Å². The number of rotatable bonds is 14. The molecular formula is C43H42O8. The van der Waals surface area contributed by atoms with Crippen molar-refractivity contribution in [2.45, 2.75) is 51.7 Å². The van der Waals surface area contributed by atoms with Gasteiger partial charge in [-0.15, -0.1) is 0 Å². The molecule has 51 heavy (non-hydrogen) atoms. The van der Waals surface area contributed by atoms with E-state index in [4.69, 9.17) is 28.4 Å². The summed E-state index contributed by atoms with van der Waals surface area (Å²) in [5, 5.41) is 0. The molecule has 0 N–H and O–H groups in total. The van der Waals surface area contributed by atoms with Crippen molar-refractivity contribution < 1.29 is 38.0 Å². The molecule has 0 radical (unpaired) electrons. The Balaban J connectivity index is 1.28. The van der Waals surface area contributed by atoms with Crippen LogP contribution in [0.1, 0.15) is 45.7 Å². The van der Waals surface area contributed by atoms with Gasteiger partial charge in [0, 0.05) is 5.92 Å². The Labute approximate surface area is 298 Å². The zero-order valence-corrected chi connectivity index (χ0v) is 28.7. The minimum Gasteiger partial charge on any atom is -0.461 e. The summed E-state index contributed by atoms with van der Waals surface area (Å²) in [4.78, 5) is 26.2. The van der Waals surface area contributed by atoms with Crippen molar-refractivity contribution in [2.24, 2.45) is 11.8 Å². The summed E-state index contributed by atoms with van der Waals surface area (Å²) in [7, 11) is 0. The molecule has 6 rings (SSSR count). The number of carbonyl (C=O) groups excluding carboxylic acids is 2. The van der Waals surface area contributed by atoms with E-state index in [0.717, 1.165) is 11.1 Å². The third kappa shape index (κ3) is 9.70. The average Bonchev–Trinajstić information content (AvgIpc) is 3.17. The number of hydrogen-bond acceptors (Lipinski definition) is 8. The molecule has 1 heterocycles. The lowest BCUT2D eigenvalue weighted by atomic mass is 9.80. The van der Waals surface area contributed by atoms with Crippen LogP contribution in [0.15, 0.2) is 146 Å². The van der Waals surface area contributed by atoms with E-state index >= 15 is 0 Å². The summed E-state index contributed by atoms with van der Waals surface area (Å²) >= 11 is 0. The first-order valence-corrected chi connectivity index (χ1v) is 17.2.